The minimum atomic E-state index is -0.983. The van der Waals surface area contributed by atoms with Gasteiger partial charge in [-0.25, -0.2) is 4.79 Å². The van der Waals surface area contributed by atoms with Crippen molar-refractivity contribution in [3.8, 4) is 11.1 Å². The van der Waals surface area contributed by atoms with E-state index < -0.39 is 17.6 Å². The van der Waals surface area contributed by atoms with Gasteiger partial charge < -0.3 is 25.4 Å². The Kier molecular flexibility index (Phi) is 11.1. The second-order valence-electron chi connectivity index (χ2n) is 12.4. The first kappa shape index (κ1) is 33.9. The normalized spacial score (nSPS) is 15.4. The van der Waals surface area contributed by atoms with Gasteiger partial charge in [0.25, 0.3) is 5.91 Å². The van der Waals surface area contributed by atoms with Gasteiger partial charge in [0.05, 0.1) is 30.5 Å². The van der Waals surface area contributed by atoms with E-state index in [0.29, 0.717) is 31.0 Å². The molecule has 2 amide bonds. The quantitative estimate of drug-likeness (QED) is 0.151. The first-order valence-electron chi connectivity index (χ1n) is 15.7. The molecule has 0 saturated heterocycles. The molecular weight excluding hydrogens is 611 g/mol. The van der Waals surface area contributed by atoms with Gasteiger partial charge in [0.15, 0.2) is 0 Å². The Balaban J connectivity index is 1.22. The number of nitrogens with one attached hydrogen (secondary N) is 2. The lowest BCUT2D eigenvalue weighted by Crippen LogP contribution is -2.52. The van der Waals surface area contributed by atoms with Crippen LogP contribution in [-0.2, 0) is 27.5 Å². The minimum absolute atomic E-state index is 0.0505. The summed E-state index contributed by atoms with van der Waals surface area (Å²) in [7, 11) is 0. The van der Waals surface area contributed by atoms with Crippen LogP contribution in [0.3, 0.4) is 0 Å². The third kappa shape index (κ3) is 9.10. The van der Waals surface area contributed by atoms with Crippen LogP contribution < -0.4 is 15.5 Å². The fourth-order valence-electron chi connectivity index (χ4n) is 5.51. The van der Waals surface area contributed by atoms with Gasteiger partial charge in [0.1, 0.15) is 6.04 Å². The Morgan fingerprint density at radius 3 is 2.36 bits per heavy atom. The van der Waals surface area contributed by atoms with Crippen molar-refractivity contribution in [3.05, 3.63) is 120 Å². The number of fused-ring (bicyclic) bond motifs is 1. The summed E-state index contributed by atoms with van der Waals surface area (Å²) in [4.78, 5) is 41.8. The van der Waals surface area contributed by atoms with Crippen LogP contribution in [0.1, 0.15) is 48.7 Å². The highest BCUT2D eigenvalue weighted by atomic mass is 32.2. The summed E-state index contributed by atoms with van der Waals surface area (Å²) in [6, 6.07) is 31.5. The van der Waals surface area contributed by atoms with Gasteiger partial charge in [0, 0.05) is 29.2 Å². The molecule has 5 rings (SSSR count). The zero-order valence-corrected chi connectivity index (χ0v) is 27.8. The molecule has 1 aliphatic heterocycles. The zero-order chi connectivity index (χ0) is 33.4. The molecule has 1 aliphatic rings. The van der Waals surface area contributed by atoms with Crippen LogP contribution >= 0.6 is 11.8 Å². The van der Waals surface area contributed by atoms with Crippen molar-refractivity contribution in [2.45, 2.75) is 62.9 Å². The number of benzene rings is 4. The zero-order valence-electron chi connectivity index (χ0n) is 26.9. The molecule has 0 fully saturated rings. The topological polar surface area (TPSA) is 108 Å². The number of carbonyl (C=O) groups excluding carboxylic acids is 2. The predicted molar refractivity (Wildman–Crippen MR) is 187 cm³/mol. The Morgan fingerprint density at radius 1 is 0.936 bits per heavy atom. The molecule has 1 heterocycles. The summed E-state index contributed by atoms with van der Waals surface area (Å²) in [6.07, 6.45) is 0.143. The number of amides is 2. The molecule has 0 spiro atoms. The first-order chi connectivity index (χ1) is 22.6. The van der Waals surface area contributed by atoms with Gasteiger partial charge in [-0.2, -0.15) is 0 Å². The lowest BCUT2D eigenvalue weighted by molar-refractivity contribution is -0.128. The average molecular weight is 652 g/mol. The third-order valence-electron chi connectivity index (χ3n) is 8.07. The van der Waals surface area contributed by atoms with Crippen molar-refractivity contribution < 1.29 is 24.2 Å². The van der Waals surface area contributed by atoms with Gasteiger partial charge in [0.2, 0.25) is 5.91 Å². The number of nitrogens with zero attached hydrogens (tertiary/aromatic N) is 1. The fourth-order valence-corrected chi connectivity index (χ4v) is 6.59. The fraction of sp³-hybridized carbons (Fsp3) is 0.289. The third-order valence-corrected chi connectivity index (χ3v) is 9.23. The van der Waals surface area contributed by atoms with Crippen LogP contribution in [-0.4, -0.2) is 52.9 Å². The number of thioether (sulfide) groups is 1. The molecule has 47 heavy (non-hydrogen) atoms. The number of anilines is 1. The lowest BCUT2D eigenvalue weighted by atomic mass is 9.98. The Hall–Kier alpha value is -4.44. The Bertz CT molecular complexity index is 1690. The molecule has 4 aromatic rings. The molecular formula is C38H41N3O5S. The number of ether oxygens (including phenoxy) is 1. The van der Waals surface area contributed by atoms with E-state index in [1.54, 1.807) is 34.9 Å². The molecule has 1 unspecified atom stereocenters. The van der Waals surface area contributed by atoms with Gasteiger partial charge in [-0.1, -0.05) is 84.9 Å². The van der Waals surface area contributed by atoms with Gasteiger partial charge in [-0.05, 0) is 61.2 Å². The van der Waals surface area contributed by atoms with E-state index in [4.69, 9.17) is 4.74 Å². The standard InChI is InChI=1S/C38H41N3O5S/c1-26(46-24-28-11-5-4-6-12-28)22-39-38(2,3)21-35(42)40-32-25-47-34-16-10-9-15-33(34)41(36(32)43)23-27-17-19-29(20-18-27)30-13-7-8-14-31(30)37(44)45/h4-20,26,32,39H,21-25H2,1-3H3,(H,40,42)(H,44,45)/t26-,32?/m0/s1. The molecule has 0 aliphatic carbocycles. The molecule has 0 saturated carbocycles. The summed E-state index contributed by atoms with van der Waals surface area (Å²) in [5.41, 5.74) is 3.92. The van der Waals surface area contributed by atoms with Crippen molar-refractivity contribution >= 4 is 35.2 Å². The number of hydrogen-bond donors (Lipinski definition) is 3. The van der Waals surface area contributed by atoms with E-state index in [2.05, 4.69) is 10.6 Å². The van der Waals surface area contributed by atoms with Gasteiger partial charge in [-0.3, -0.25) is 9.59 Å². The number of hydrogen-bond acceptors (Lipinski definition) is 6. The van der Waals surface area contributed by atoms with E-state index in [0.717, 1.165) is 27.3 Å². The smallest absolute Gasteiger partial charge is 0.336 e. The maximum absolute atomic E-state index is 14.0. The van der Waals surface area contributed by atoms with Gasteiger partial charge >= 0.3 is 5.97 Å². The molecule has 0 radical (unpaired) electrons. The second kappa shape index (κ2) is 15.4. The van der Waals surface area contributed by atoms with E-state index in [1.165, 1.54) is 0 Å². The largest absolute Gasteiger partial charge is 0.478 e. The van der Waals surface area contributed by atoms with Crippen LogP contribution in [0.5, 0.6) is 0 Å². The summed E-state index contributed by atoms with van der Waals surface area (Å²) in [6.45, 7) is 7.35. The number of aromatic carboxylic acids is 1. The van der Waals surface area contributed by atoms with E-state index in [1.807, 2.05) is 106 Å². The predicted octanol–water partition coefficient (Wildman–Crippen LogP) is 6.54. The van der Waals surface area contributed by atoms with E-state index >= 15 is 0 Å². The number of rotatable bonds is 13. The first-order valence-corrected chi connectivity index (χ1v) is 16.7. The summed E-state index contributed by atoms with van der Waals surface area (Å²) in [5, 5.41) is 16.1. The molecule has 2 atom stereocenters. The SMILES string of the molecule is C[C@@H](CNC(C)(C)CC(=O)NC1CSc2ccccc2N(Cc2ccc(-c3ccccc3C(=O)O)cc2)C1=O)OCc1ccccc1. The maximum Gasteiger partial charge on any atom is 0.336 e. The van der Waals surface area contributed by atoms with Crippen molar-refractivity contribution in [2.75, 3.05) is 17.2 Å². The molecule has 4 aromatic carbocycles. The lowest BCUT2D eigenvalue weighted by Gasteiger charge is -2.29. The highest BCUT2D eigenvalue weighted by Gasteiger charge is 2.33. The molecule has 9 heteroatoms. The highest BCUT2D eigenvalue weighted by Crippen LogP contribution is 2.35. The van der Waals surface area contributed by atoms with Crippen LogP contribution in [0, 0.1) is 0 Å². The second-order valence-corrected chi connectivity index (χ2v) is 13.5. The summed E-state index contributed by atoms with van der Waals surface area (Å²) < 4.78 is 5.97. The van der Waals surface area contributed by atoms with Crippen molar-refractivity contribution in [1.29, 1.82) is 0 Å². The van der Waals surface area contributed by atoms with E-state index in [-0.39, 0.29) is 29.9 Å². The van der Waals surface area contributed by atoms with Crippen LogP contribution in [0.25, 0.3) is 11.1 Å². The van der Waals surface area contributed by atoms with Crippen molar-refractivity contribution in [2.24, 2.45) is 0 Å². The van der Waals surface area contributed by atoms with Crippen LogP contribution in [0.4, 0.5) is 5.69 Å². The van der Waals surface area contributed by atoms with E-state index in [9.17, 15) is 19.5 Å². The summed E-state index contributed by atoms with van der Waals surface area (Å²) >= 11 is 1.55. The van der Waals surface area contributed by atoms with Crippen LogP contribution in [0.2, 0.25) is 0 Å². The molecule has 8 nitrogen and oxygen atoms in total. The van der Waals surface area contributed by atoms with Crippen molar-refractivity contribution in [3.63, 3.8) is 0 Å². The number of carboxylic acid groups (broad SMARTS) is 1. The Morgan fingerprint density at radius 2 is 1.62 bits per heavy atom. The average Bonchev–Trinajstić information content (AvgIpc) is 3.19. The number of carbonyl (C=O) groups is 3. The molecule has 0 bridgehead atoms. The van der Waals surface area contributed by atoms with Crippen molar-refractivity contribution in [1.82, 2.24) is 10.6 Å². The Labute approximate surface area is 280 Å². The molecule has 244 valence electrons. The molecule has 3 N–H and O–H groups in total. The maximum atomic E-state index is 14.0. The number of para-hydroxylation sites is 1. The minimum Gasteiger partial charge on any atom is -0.478 e. The summed E-state index contributed by atoms with van der Waals surface area (Å²) in [5.74, 6) is -0.943. The monoisotopic (exact) mass is 651 g/mol. The van der Waals surface area contributed by atoms with Crippen LogP contribution in [0.15, 0.2) is 108 Å². The molecule has 0 aromatic heterocycles. The number of carboxylic acids is 1. The van der Waals surface area contributed by atoms with Gasteiger partial charge in [-0.15, -0.1) is 11.8 Å². The highest BCUT2D eigenvalue weighted by molar-refractivity contribution is 7.99.